The van der Waals surface area contributed by atoms with Gasteiger partial charge < -0.3 is 4.90 Å². The third-order valence-electron chi connectivity index (χ3n) is 6.29. The van der Waals surface area contributed by atoms with Gasteiger partial charge in [0.1, 0.15) is 0 Å². The third-order valence-corrected chi connectivity index (χ3v) is 7.44. The van der Waals surface area contributed by atoms with Gasteiger partial charge in [-0.05, 0) is 68.4 Å². The molecule has 0 spiro atoms. The van der Waals surface area contributed by atoms with Crippen molar-refractivity contribution >= 4 is 27.7 Å². The Hall–Kier alpha value is -1.70. The smallest absolute Gasteiger partial charge is 0.294 e. The highest BCUT2D eigenvalue weighted by molar-refractivity contribution is 7.85. The molecular formula is C21H26ClN3O3S. The predicted octanol–water partition coefficient (Wildman–Crippen LogP) is 4.17. The normalized spacial score (nSPS) is 22.7. The minimum absolute atomic E-state index is 0.0524. The molecule has 29 heavy (non-hydrogen) atoms. The minimum Gasteiger partial charge on any atom is -0.341 e. The van der Waals surface area contributed by atoms with Gasteiger partial charge in [-0.25, -0.2) is 9.97 Å². The first-order valence-corrected chi connectivity index (χ1v) is 11.9. The minimum atomic E-state index is -4.17. The fourth-order valence-electron chi connectivity index (χ4n) is 4.67. The van der Waals surface area contributed by atoms with Crippen LogP contribution in [0.4, 0.5) is 5.95 Å². The van der Waals surface area contributed by atoms with Crippen LogP contribution >= 0.6 is 11.6 Å². The number of aryl methyl sites for hydroxylation is 2. The van der Waals surface area contributed by atoms with Crippen LogP contribution in [-0.4, -0.2) is 36.0 Å². The van der Waals surface area contributed by atoms with Crippen LogP contribution in [-0.2, 0) is 16.5 Å². The van der Waals surface area contributed by atoms with E-state index in [1.165, 1.54) is 12.5 Å². The molecule has 0 amide bonds. The number of nitrogens with zero attached hydrogens (tertiary/aromatic N) is 3. The zero-order valence-corrected chi connectivity index (χ0v) is 18.0. The summed E-state index contributed by atoms with van der Waals surface area (Å²) in [4.78, 5) is 10.9. The van der Waals surface area contributed by atoms with Gasteiger partial charge in [0.25, 0.3) is 10.1 Å². The van der Waals surface area contributed by atoms with Crippen molar-refractivity contribution < 1.29 is 13.0 Å². The number of hydrogen-bond acceptors (Lipinski definition) is 5. The van der Waals surface area contributed by atoms with Crippen LogP contribution in [0.1, 0.15) is 36.8 Å². The number of hydrogen-bond donors (Lipinski definition) is 1. The van der Waals surface area contributed by atoms with Gasteiger partial charge in [0.15, 0.2) is 0 Å². The lowest BCUT2D eigenvalue weighted by Crippen LogP contribution is -2.35. The molecule has 0 radical (unpaired) electrons. The predicted molar refractivity (Wildman–Crippen MR) is 113 cm³/mol. The summed E-state index contributed by atoms with van der Waals surface area (Å²) in [6.45, 7) is 3.86. The first-order valence-electron chi connectivity index (χ1n) is 10.1. The van der Waals surface area contributed by atoms with Crippen molar-refractivity contribution in [3.63, 3.8) is 0 Å². The number of halogens is 1. The molecule has 4 rings (SSSR count). The second-order valence-electron chi connectivity index (χ2n) is 8.31. The molecule has 2 aliphatic rings. The molecule has 1 aliphatic carbocycles. The lowest BCUT2D eigenvalue weighted by Gasteiger charge is -2.32. The Bertz CT molecular complexity index is 973. The van der Waals surface area contributed by atoms with E-state index in [9.17, 15) is 13.0 Å². The summed E-state index contributed by atoms with van der Waals surface area (Å²) >= 11 is 5.87. The SMILES string of the molecule is Cc1ccc(S(=O)(=O)O)c(CC[C@H]2C[C@H]2C2CCN(c3ncc(Cl)cn3)CC2)c1. The van der Waals surface area contributed by atoms with E-state index in [2.05, 4.69) is 14.9 Å². The highest BCUT2D eigenvalue weighted by atomic mass is 35.5. The van der Waals surface area contributed by atoms with Gasteiger partial charge in [-0.1, -0.05) is 29.3 Å². The molecule has 1 N–H and O–H groups in total. The summed E-state index contributed by atoms with van der Waals surface area (Å²) in [5.74, 6) is 2.83. The molecule has 0 bridgehead atoms. The van der Waals surface area contributed by atoms with Gasteiger partial charge in [0, 0.05) is 13.1 Å². The lowest BCUT2D eigenvalue weighted by atomic mass is 9.90. The zero-order chi connectivity index (χ0) is 20.6. The van der Waals surface area contributed by atoms with E-state index in [1.807, 2.05) is 13.0 Å². The average Bonchev–Trinajstić information content (AvgIpc) is 3.46. The molecule has 2 aromatic rings. The van der Waals surface area contributed by atoms with Crippen LogP contribution in [0.5, 0.6) is 0 Å². The lowest BCUT2D eigenvalue weighted by molar-refractivity contribution is 0.342. The van der Waals surface area contributed by atoms with Crippen LogP contribution in [0, 0.1) is 24.7 Å². The summed E-state index contributed by atoms with van der Waals surface area (Å²) in [6, 6.07) is 5.12. The van der Waals surface area contributed by atoms with Crippen LogP contribution in [0.15, 0.2) is 35.5 Å². The fraction of sp³-hybridized carbons (Fsp3) is 0.524. The molecule has 1 aliphatic heterocycles. The van der Waals surface area contributed by atoms with E-state index in [4.69, 9.17) is 11.6 Å². The number of anilines is 1. The molecule has 6 nitrogen and oxygen atoms in total. The van der Waals surface area contributed by atoms with Crippen molar-refractivity contribution in [3.8, 4) is 0 Å². The van der Waals surface area contributed by atoms with Crippen molar-refractivity contribution in [3.05, 3.63) is 46.7 Å². The maximum absolute atomic E-state index is 11.6. The van der Waals surface area contributed by atoms with E-state index in [1.54, 1.807) is 18.5 Å². The zero-order valence-electron chi connectivity index (χ0n) is 16.5. The topological polar surface area (TPSA) is 83.4 Å². The number of piperidine rings is 1. The standard InChI is InChI=1S/C21H26ClN3O3S/c1-14-2-5-20(29(26,27)28)17(10-14)4-3-16-11-19(16)15-6-8-25(9-7-15)21-23-12-18(22)13-24-21/h2,5,10,12-13,15-16,19H,3-4,6-9,11H2,1H3,(H,26,27,28)/t16-,19-/m0/s1. The molecule has 1 aromatic carbocycles. The monoisotopic (exact) mass is 435 g/mol. The first-order chi connectivity index (χ1) is 13.8. The summed E-state index contributed by atoms with van der Waals surface area (Å²) < 4.78 is 32.8. The molecule has 1 saturated heterocycles. The van der Waals surface area contributed by atoms with Crippen molar-refractivity contribution in [2.24, 2.45) is 17.8 Å². The van der Waals surface area contributed by atoms with E-state index >= 15 is 0 Å². The molecule has 2 atom stereocenters. The van der Waals surface area contributed by atoms with Crippen LogP contribution in [0.25, 0.3) is 0 Å². The maximum atomic E-state index is 11.6. The second-order valence-corrected chi connectivity index (χ2v) is 10.1. The maximum Gasteiger partial charge on any atom is 0.294 e. The summed E-state index contributed by atoms with van der Waals surface area (Å²) in [7, 11) is -4.17. The van der Waals surface area contributed by atoms with Crippen molar-refractivity contribution in [1.82, 2.24) is 9.97 Å². The van der Waals surface area contributed by atoms with Crippen LogP contribution in [0.3, 0.4) is 0 Å². The number of rotatable bonds is 6. The molecule has 2 heterocycles. The Kier molecular flexibility index (Phi) is 5.82. The van der Waals surface area contributed by atoms with Gasteiger partial charge in [-0.2, -0.15) is 8.42 Å². The largest absolute Gasteiger partial charge is 0.341 e. The molecular weight excluding hydrogens is 410 g/mol. The summed E-state index contributed by atoms with van der Waals surface area (Å²) in [6.07, 6.45) is 8.42. The molecule has 0 unspecified atom stereocenters. The van der Waals surface area contributed by atoms with Crippen LogP contribution < -0.4 is 4.90 Å². The van der Waals surface area contributed by atoms with E-state index in [0.29, 0.717) is 23.3 Å². The Morgan fingerprint density at radius 2 is 1.90 bits per heavy atom. The van der Waals surface area contributed by atoms with Crippen molar-refractivity contribution in [2.45, 2.75) is 43.9 Å². The van der Waals surface area contributed by atoms with Crippen molar-refractivity contribution in [2.75, 3.05) is 18.0 Å². The van der Waals surface area contributed by atoms with Gasteiger partial charge in [0.05, 0.1) is 22.3 Å². The van der Waals surface area contributed by atoms with Gasteiger partial charge in [-0.15, -0.1) is 0 Å². The molecule has 8 heteroatoms. The Morgan fingerprint density at radius 1 is 1.21 bits per heavy atom. The first kappa shape index (κ1) is 20.6. The average molecular weight is 436 g/mol. The highest BCUT2D eigenvalue weighted by Crippen LogP contribution is 2.50. The number of aromatic nitrogens is 2. The Morgan fingerprint density at radius 3 is 2.55 bits per heavy atom. The fourth-order valence-corrected chi connectivity index (χ4v) is 5.50. The van der Waals surface area contributed by atoms with Crippen LogP contribution in [0.2, 0.25) is 5.02 Å². The quantitative estimate of drug-likeness (QED) is 0.685. The van der Waals surface area contributed by atoms with Gasteiger partial charge in [0.2, 0.25) is 5.95 Å². The third kappa shape index (κ3) is 4.90. The Balaban J connectivity index is 1.30. The van der Waals surface area contributed by atoms with E-state index in [0.717, 1.165) is 55.3 Å². The van der Waals surface area contributed by atoms with E-state index < -0.39 is 10.1 Å². The molecule has 2 fully saturated rings. The van der Waals surface area contributed by atoms with Crippen molar-refractivity contribution in [1.29, 1.82) is 0 Å². The van der Waals surface area contributed by atoms with Gasteiger partial charge in [-0.3, -0.25) is 4.55 Å². The van der Waals surface area contributed by atoms with E-state index in [-0.39, 0.29) is 4.90 Å². The highest BCUT2D eigenvalue weighted by Gasteiger charge is 2.43. The molecule has 156 valence electrons. The Labute approximate surface area is 177 Å². The van der Waals surface area contributed by atoms with Gasteiger partial charge >= 0.3 is 0 Å². The summed E-state index contributed by atoms with van der Waals surface area (Å²) in [5, 5.41) is 0.551. The second kappa shape index (κ2) is 8.20. The summed E-state index contributed by atoms with van der Waals surface area (Å²) in [5.41, 5.74) is 1.74. The molecule has 1 saturated carbocycles. The number of benzene rings is 1. The molecule has 1 aromatic heterocycles.